The van der Waals surface area contributed by atoms with Crippen LogP contribution in [0.2, 0.25) is 5.02 Å². The first kappa shape index (κ1) is 18.9. The molecule has 1 amide bonds. The van der Waals surface area contributed by atoms with Crippen molar-refractivity contribution >= 4 is 34.5 Å². The van der Waals surface area contributed by atoms with Crippen molar-refractivity contribution < 1.29 is 9.53 Å². The number of hydrazone groups is 1. The smallest absolute Gasteiger partial charge is 0.271 e. The lowest BCUT2D eigenvalue weighted by Gasteiger charge is -2.09. The van der Waals surface area contributed by atoms with Crippen LogP contribution in [0.3, 0.4) is 0 Å². The lowest BCUT2D eigenvalue weighted by atomic mass is 10.0. The highest BCUT2D eigenvalue weighted by Gasteiger charge is 2.09. The SMILES string of the molecule is CCCCOc1ccc(Cl)cc1C=NNC(=O)c1cccc2ccccc12. The summed E-state index contributed by atoms with van der Waals surface area (Å²) >= 11 is 6.08. The van der Waals surface area contributed by atoms with E-state index < -0.39 is 0 Å². The zero-order valence-electron chi connectivity index (χ0n) is 15.1. The van der Waals surface area contributed by atoms with Crippen molar-refractivity contribution in [2.75, 3.05) is 6.61 Å². The molecule has 0 radical (unpaired) electrons. The van der Waals surface area contributed by atoms with E-state index in [0.29, 0.717) is 22.9 Å². The van der Waals surface area contributed by atoms with Crippen LogP contribution in [0, 0.1) is 0 Å². The topological polar surface area (TPSA) is 50.7 Å². The number of ether oxygens (including phenoxy) is 1. The standard InChI is InChI=1S/C22H21ClN2O2/c1-2-3-13-27-21-12-11-18(23)14-17(21)15-24-25-22(26)20-10-6-8-16-7-4-5-9-19(16)20/h4-12,14-15H,2-3,13H2,1H3,(H,25,26). The molecule has 27 heavy (non-hydrogen) atoms. The summed E-state index contributed by atoms with van der Waals surface area (Å²) < 4.78 is 5.77. The molecule has 0 saturated carbocycles. The maximum absolute atomic E-state index is 12.5. The van der Waals surface area contributed by atoms with Gasteiger partial charge >= 0.3 is 0 Å². The summed E-state index contributed by atoms with van der Waals surface area (Å²) in [5, 5.41) is 6.57. The average Bonchev–Trinajstić information content (AvgIpc) is 2.69. The summed E-state index contributed by atoms with van der Waals surface area (Å²) in [6, 6.07) is 18.7. The van der Waals surface area contributed by atoms with Crippen LogP contribution in [0.5, 0.6) is 5.75 Å². The molecule has 4 nitrogen and oxygen atoms in total. The van der Waals surface area contributed by atoms with E-state index in [0.717, 1.165) is 29.2 Å². The molecule has 0 aliphatic heterocycles. The number of carbonyl (C=O) groups excluding carboxylic acids is 1. The lowest BCUT2D eigenvalue weighted by Crippen LogP contribution is -2.18. The Morgan fingerprint density at radius 2 is 1.96 bits per heavy atom. The largest absolute Gasteiger partial charge is 0.493 e. The van der Waals surface area contributed by atoms with E-state index in [9.17, 15) is 4.79 Å². The van der Waals surface area contributed by atoms with Gasteiger partial charge in [0.15, 0.2) is 0 Å². The Balaban J connectivity index is 1.75. The second-order valence-electron chi connectivity index (χ2n) is 6.11. The first-order valence-corrected chi connectivity index (χ1v) is 9.30. The van der Waals surface area contributed by atoms with Crippen molar-refractivity contribution in [2.24, 2.45) is 5.10 Å². The minimum Gasteiger partial charge on any atom is -0.493 e. The first-order chi connectivity index (χ1) is 13.2. The van der Waals surface area contributed by atoms with E-state index in [1.54, 1.807) is 24.4 Å². The molecule has 3 aromatic rings. The van der Waals surface area contributed by atoms with Gasteiger partial charge in [0, 0.05) is 16.1 Å². The average molecular weight is 381 g/mol. The van der Waals surface area contributed by atoms with Gasteiger partial charge < -0.3 is 4.74 Å². The van der Waals surface area contributed by atoms with Gasteiger partial charge in [0.05, 0.1) is 12.8 Å². The molecule has 0 heterocycles. The molecule has 3 aromatic carbocycles. The molecular formula is C22H21ClN2O2. The molecule has 0 aliphatic rings. The molecule has 0 unspecified atom stereocenters. The molecule has 0 aromatic heterocycles. The molecule has 0 aliphatic carbocycles. The minimum atomic E-state index is -0.265. The van der Waals surface area contributed by atoms with Gasteiger partial charge in [-0.3, -0.25) is 4.79 Å². The molecule has 5 heteroatoms. The molecule has 0 spiro atoms. The van der Waals surface area contributed by atoms with E-state index in [4.69, 9.17) is 16.3 Å². The maximum Gasteiger partial charge on any atom is 0.271 e. The molecule has 0 bridgehead atoms. The number of fused-ring (bicyclic) bond motifs is 1. The van der Waals surface area contributed by atoms with Crippen LogP contribution in [0.25, 0.3) is 10.8 Å². The number of nitrogens with one attached hydrogen (secondary N) is 1. The Labute approximate surface area is 163 Å². The second-order valence-corrected chi connectivity index (χ2v) is 6.55. The summed E-state index contributed by atoms with van der Waals surface area (Å²) in [6.07, 6.45) is 3.57. The second kappa shape index (κ2) is 9.19. The van der Waals surface area contributed by atoms with Gasteiger partial charge in [-0.25, -0.2) is 5.43 Å². The Kier molecular flexibility index (Phi) is 6.44. The number of hydrogen-bond donors (Lipinski definition) is 1. The molecule has 138 valence electrons. The Morgan fingerprint density at radius 3 is 2.81 bits per heavy atom. The summed E-state index contributed by atoms with van der Waals surface area (Å²) in [5.74, 6) is 0.425. The number of halogens is 1. The third kappa shape index (κ3) is 4.86. The number of unbranched alkanes of at least 4 members (excludes halogenated alkanes) is 1. The van der Waals surface area contributed by atoms with E-state index in [-0.39, 0.29) is 5.91 Å². The van der Waals surface area contributed by atoms with Crippen molar-refractivity contribution in [1.29, 1.82) is 0 Å². The van der Waals surface area contributed by atoms with Gasteiger partial charge in [-0.05, 0) is 41.5 Å². The monoisotopic (exact) mass is 380 g/mol. The van der Waals surface area contributed by atoms with Gasteiger partial charge in [-0.2, -0.15) is 5.10 Å². The van der Waals surface area contributed by atoms with Crippen LogP contribution in [0.1, 0.15) is 35.7 Å². The van der Waals surface area contributed by atoms with E-state index in [1.165, 1.54) is 0 Å². The van der Waals surface area contributed by atoms with E-state index in [2.05, 4.69) is 17.5 Å². The van der Waals surface area contributed by atoms with Crippen LogP contribution >= 0.6 is 11.6 Å². The van der Waals surface area contributed by atoms with Gasteiger partial charge in [0.2, 0.25) is 0 Å². The van der Waals surface area contributed by atoms with Crippen molar-refractivity contribution in [3.63, 3.8) is 0 Å². The number of nitrogens with zero attached hydrogens (tertiary/aromatic N) is 1. The number of rotatable bonds is 7. The van der Waals surface area contributed by atoms with Crippen LogP contribution in [0.15, 0.2) is 65.8 Å². The lowest BCUT2D eigenvalue weighted by molar-refractivity contribution is 0.0957. The van der Waals surface area contributed by atoms with Crippen LogP contribution < -0.4 is 10.2 Å². The van der Waals surface area contributed by atoms with Crippen molar-refractivity contribution in [1.82, 2.24) is 5.43 Å². The highest BCUT2D eigenvalue weighted by atomic mass is 35.5. The number of hydrogen-bond acceptors (Lipinski definition) is 3. The molecule has 1 N–H and O–H groups in total. The summed E-state index contributed by atoms with van der Waals surface area (Å²) in [6.45, 7) is 2.73. The van der Waals surface area contributed by atoms with Crippen molar-refractivity contribution in [3.8, 4) is 5.75 Å². The third-order valence-electron chi connectivity index (χ3n) is 4.13. The molecule has 0 fully saturated rings. The van der Waals surface area contributed by atoms with Gasteiger partial charge in [-0.1, -0.05) is 61.3 Å². The quantitative estimate of drug-likeness (QED) is 0.337. The van der Waals surface area contributed by atoms with Crippen LogP contribution in [0.4, 0.5) is 0 Å². The molecule has 0 atom stereocenters. The van der Waals surface area contributed by atoms with Crippen molar-refractivity contribution in [2.45, 2.75) is 19.8 Å². The highest BCUT2D eigenvalue weighted by Crippen LogP contribution is 2.22. The fraction of sp³-hybridized carbons (Fsp3) is 0.182. The van der Waals surface area contributed by atoms with Gasteiger partial charge in [-0.15, -0.1) is 0 Å². The van der Waals surface area contributed by atoms with Crippen molar-refractivity contribution in [3.05, 3.63) is 76.8 Å². The number of benzene rings is 3. The summed E-state index contributed by atoms with van der Waals surface area (Å²) in [4.78, 5) is 12.5. The predicted octanol–water partition coefficient (Wildman–Crippen LogP) is 5.44. The third-order valence-corrected chi connectivity index (χ3v) is 4.37. The van der Waals surface area contributed by atoms with E-state index in [1.807, 2.05) is 42.5 Å². The molecule has 3 rings (SSSR count). The van der Waals surface area contributed by atoms with Crippen LogP contribution in [-0.4, -0.2) is 18.7 Å². The van der Waals surface area contributed by atoms with Crippen LogP contribution in [-0.2, 0) is 0 Å². The number of carbonyl (C=O) groups is 1. The minimum absolute atomic E-state index is 0.265. The number of amides is 1. The predicted molar refractivity (Wildman–Crippen MR) is 111 cm³/mol. The normalized spacial score (nSPS) is 11.0. The molecular weight excluding hydrogens is 360 g/mol. The highest BCUT2D eigenvalue weighted by molar-refractivity contribution is 6.30. The maximum atomic E-state index is 12.5. The zero-order valence-corrected chi connectivity index (χ0v) is 15.9. The fourth-order valence-electron chi connectivity index (χ4n) is 2.72. The first-order valence-electron chi connectivity index (χ1n) is 8.92. The summed E-state index contributed by atoms with van der Waals surface area (Å²) in [5.41, 5.74) is 3.88. The zero-order chi connectivity index (χ0) is 19.1. The summed E-state index contributed by atoms with van der Waals surface area (Å²) in [7, 11) is 0. The van der Waals surface area contributed by atoms with Gasteiger partial charge in [0.25, 0.3) is 5.91 Å². The van der Waals surface area contributed by atoms with Gasteiger partial charge in [0.1, 0.15) is 5.75 Å². The Bertz CT molecular complexity index is 964. The Hall–Kier alpha value is -2.85. The molecule has 0 saturated heterocycles. The van der Waals surface area contributed by atoms with E-state index >= 15 is 0 Å². The Morgan fingerprint density at radius 1 is 1.15 bits per heavy atom. The fourth-order valence-corrected chi connectivity index (χ4v) is 2.90.